The lowest BCUT2D eigenvalue weighted by Crippen LogP contribution is -2.22. The number of benzene rings is 2. The van der Waals surface area contributed by atoms with E-state index in [9.17, 15) is 9.59 Å². The number of carbonyl (C=O) groups is 2. The first-order valence-electron chi connectivity index (χ1n) is 10.1. The van der Waals surface area contributed by atoms with E-state index in [1.54, 1.807) is 12.1 Å². The number of hydrogen-bond acceptors (Lipinski definition) is 4. The van der Waals surface area contributed by atoms with Gasteiger partial charge >= 0.3 is 0 Å². The SMILES string of the molecule is O=C(NC1=CCCC=C1)c1cccc(-c2ccc(/C=C3\Sc4ccccc4C3=O)o2)c1. The molecule has 4 nitrogen and oxygen atoms in total. The van der Waals surface area contributed by atoms with Gasteiger partial charge in [-0.2, -0.15) is 0 Å². The second-order valence-electron chi connectivity index (χ2n) is 7.31. The van der Waals surface area contributed by atoms with Crippen molar-refractivity contribution in [2.24, 2.45) is 0 Å². The van der Waals surface area contributed by atoms with E-state index < -0.39 is 0 Å². The highest BCUT2D eigenvalue weighted by atomic mass is 32.2. The van der Waals surface area contributed by atoms with Crippen molar-refractivity contribution < 1.29 is 14.0 Å². The van der Waals surface area contributed by atoms with Crippen LogP contribution in [0.25, 0.3) is 17.4 Å². The number of carbonyl (C=O) groups excluding carboxylic acids is 2. The van der Waals surface area contributed by atoms with Crippen LogP contribution in [0.15, 0.2) is 98.8 Å². The normalized spacial score (nSPS) is 16.3. The van der Waals surface area contributed by atoms with Crippen LogP contribution >= 0.6 is 11.8 Å². The number of nitrogens with one attached hydrogen (secondary N) is 1. The Morgan fingerprint density at radius 1 is 1.03 bits per heavy atom. The molecule has 2 aromatic carbocycles. The Bertz CT molecular complexity index is 1280. The molecule has 2 aliphatic rings. The van der Waals surface area contributed by atoms with Crippen molar-refractivity contribution in [1.82, 2.24) is 5.32 Å². The molecule has 5 rings (SSSR count). The zero-order valence-electron chi connectivity index (χ0n) is 16.6. The quantitative estimate of drug-likeness (QED) is 0.503. The molecule has 1 aliphatic carbocycles. The Morgan fingerprint density at radius 2 is 1.94 bits per heavy atom. The van der Waals surface area contributed by atoms with Gasteiger partial charge < -0.3 is 9.73 Å². The number of furan rings is 1. The molecule has 0 saturated heterocycles. The molecular formula is C26H19NO3S. The average Bonchev–Trinajstić information content (AvgIpc) is 3.40. The van der Waals surface area contributed by atoms with Gasteiger partial charge in [0.2, 0.25) is 5.78 Å². The maximum Gasteiger partial charge on any atom is 0.255 e. The van der Waals surface area contributed by atoms with Crippen molar-refractivity contribution in [2.45, 2.75) is 17.7 Å². The fourth-order valence-electron chi connectivity index (χ4n) is 3.57. The Morgan fingerprint density at radius 3 is 2.77 bits per heavy atom. The number of allylic oxidation sites excluding steroid dienone is 4. The summed E-state index contributed by atoms with van der Waals surface area (Å²) in [4.78, 5) is 26.8. The van der Waals surface area contributed by atoms with E-state index in [0.717, 1.165) is 34.6 Å². The summed E-state index contributed by atoms with van der Waals surface area (Å²) in [5.41, 5.74) is 2.92. The van der Waals surface area contributed by atoms with E-state index in [2.05, 4.69) is 11.4 Å². The number of fused-ring (bicyclic) bond motifs is 1. The lowest BCUT2D eigenvalue weighted by molar-refractivity contribution is 0.0966. The maximum absolute atomic E-state index is 12.6. The van der Waals surface area contributed by atoms with Gasteiger partial charge in [0.1, 0.15) is 11.5 Å². The summed E-state index contributed by atoms with van der Waals surface area (Å²) in [6.45, 7) is 0. The smallest absolute Gasteiger partial charge is 0.255 e. The van der Waals surface area contributed by atoms with Gasteiger partial charge in [0.25, 0.3) is 5.91 Å². The van der Waals surface area contributed by atoms with E-state index in [-0.39, 0.29) is 11.7 Å². The van der Waals surface area contributed by atoms with E-state index in [1.165, 1.54) is 11.8 Å². The minimum Gasteiger partial charge on any atom is -0.457 e. The highest BCUT2D eigenvalue weighted by Gasteiger charge is 2.25. The molecule has 3 aromatic rings. The highest BCUT2D eigenvalue weighted by molar-refractivity contribution is 8.04. The van der Waals surface area contributed by atoms with Crippen LogP contribution in [-0.2, 0) is 0 Å². The summed E-state index contributed by atoms with van der Waals surface area (Å²) in [6.07, 6.45) is 9.71. The summed E-state index contributed by atoms with van der Waals surface area (Å²) in [7, 11) is 0. The molecule has 0 unspecified atom stereocenters. The summed E-state index contributed by atoms with van der Waals surface area (Å²) >= 11 is 1.45. The first-order valence-corrected chi connectivity index (χ1v) is 10.9. The van der Waals surface area contributed by atoms with Crippen LogP contribution in [-0.4, -0.2) is 11.7 Å². The van der Waals surface area contributed by atoms with Crippen molar-refractivity contribution in [1.29, 1.82) is 0 Å². The highest BCUT2D eigenvalue weighted by Crippen LogP contribution is 2.40. The van der Waals surface area contributed by atoms with Crippen LogP contribution in [0, 0.1) is 0 Å². The first-order chi connectivity index (χ1) is 15.2. The Hall–Kier alpha value is -3.57. The average molecular weight is 426 g/mol. The number of Topliss-reactive ketones (excluding diaryl/α,β-unsaturated/α-hetero) is 1. The topological polar surface area (TPSA) is 59.3 Å². The molecule has 2 heterocycles. The van der Waals surface area contributed by atoms with Crippen molar-refractivity contribution in [2.75, 3.05) is 0 Å². The van der Waals surface area contributed by atoms with Crippen LogP contribution in [0.1, 0.15) is 39.3 Å². The molecule has 0 fully saturated rings. The zero-order chi connectivity index (χ0) is 21.2. The largest absolute Gasteiger partial charge is 0.457 e. The minimum absolute atomic E-state index is 0.0169. The maximum atomic E-state index is 12.6. The monoisotopic (exact) mass is 425 g/mol. The second kappa shape index (κ2) is 8.28. The summed E-state index contributed by atoms with van der Waals surface area (Å²) in [5.74, 6) is 1.11. The van der Waals surface area contributed by atoms with Crippen LogP contribution in [0.4, 0.5) is 0 Å². The Balaban J connectivity index is 1.35. The van der Waals surface area contributed by atoms with Crippen LogP contribution in [0.3, 0.4) is 0 Å². The van der Waals surface area contributed by atoms with Gasteiger partial charge in [0.15, 0.2) is 0 Å². The summed E-state index contributed by atoms with van der Waals surface area (Å²) in [6, 6.07) is 18.6. The van der Waals surface area contributed by atoms with Gasteiger partial charge in [0.05, 0.1) is 4.91 Å². The summed E-state index contributed by atoms with van der Waals surface area (Å²) < 4.78 is 5.97. The molecular weight excluding hydrogens is 406 g/mol. The fraction of sp³-hybridized carbons (Fsp3) is 0.0769. The predicted molar refractivity (Wildman–Crippen MR) is 123 cm³/mol. The third-order valence-electron chi connectivity index (χ3n) is 5.14. The molecule has 5 heteroatoms. The number of amides is 1. The minimum atomic E-state index is -0.153. The molecule has 1 N–H and O–H groups in total. The van der Waals surface area contributed by atoms with Gasteiger partial charge in [0, 0.05) is 27.3 Å². The van der Waals surface area contributed by atoms with E-state index in [4.69, 9.17) is 4.42 Å². The first kappa shape index (κ1) is 19.4. The molecule has 0 spiro atoms. The van der Waals surface area contributed by atoms with Crippen molar-refractivity contribution in [3.63, 3.8) is 0 Å². The van der Waals surface area contributed by atoms with Gasteiger partial charge in [-0.05, 0) is 61.4 Å². The zero-order valence-corrected chi connectivity index (χ0v) is 17.4. The van der Waals surface area contributed by atoms with Gasteiger partial charge in [-0.15, -0.1) is 0 Å². The lowest BCUT2D eigenvalue weighted by atomic mass is 10.1. The lowest BCUT2D eigenvalue weighted by Gasteiger charge is -2.09. The third kappa shape index (κ3) is 4.05. The molecule has 31 heavy (non-hydrogen) atoms. The molecule has 1 amide bonds. The van der Waals surface area contributed by atoms with Crippen LogP contribution < -0.4 is 5.32 Å². The molecule has 0 saturated carbocycles. The third-order valence-corrected chi connectivity index (χ3v) is 6.24. The molecule has 0 radical (unpaired) electrons. The van der Waals surface area contributed by atoms with Crippen molar-refractivity contribution in [3.05, 3.63) is 106 Å². The van der Waals surface area contributed by atoms with Crippen LogP contribution in [0.5, 0.6) is 0 Å². The van der Waals surface area contributed by atoms with Gasteiger partial charge in [-0.25, -0.2) is 0 Å². The standard InChI is InChI=1S/C26H19NO3S/c28-25-21-11-4-5-12-23(21)31-24(25)16-20-13-14-22(30-20)17-7-6-8-18(15-17)26(29)27-19-9-2-1-3-10-19/h2,4-16H,1,3H2,(H,27,29)/b24-16-. The Labute approximate surface area is 184 Å². The molecule has 152 valence electrons. The number of ketones is 1. The molecule has 1 aliphatic heterocycles. The molecule has 1 aromatic heterocycles. The van der Waals surface area contributed by atoms with Gasteiger partial charge in [-0.3, -0.25) is 9.59 Å². The number of thioether (sulfide) groups is 1. The van der Waals surface area contributed by atoms with Crippen molar-refractivity contribution in [3.8, 4) is 11.3 Å². The van der Waals surface area contributed by atoms with Crippen molar-refractivity contribution >= 4 is 29.5 Å². The second-order valence-corrected chi connectivity index (χ2v) is 8.40. The number of rotatable bonds is 4. The number of hydrogen-bond donors (Lipinski definition) is 1. The van der Waals surface area contributed by atoms with E-state index in [0.29, 0.717) is 22.0 Å². The van der Waals surface area contributed by atoms with E-state index >= 15 is 0 Å². The van der Waals surface area contributed by atoms with Gasteiger partial charge in [-0.1, -0.05) is 48.2 Å². The molecule has 0 bridgehead atoms. The summed E-state index contributed by atoms with van der Waals surface area (Å²) in [5, 5.41) is 2.94. The van der Waals surface area contributed by atoms with Crippen LogP contribution in [0.2, 0.25) is 0 Å². The van der Waals surface area contributed by atoms with E-state index in [1.807, 2.05) is 66.7 Å². The molecule has 0 atom stereocenters. The Kier molecular flexibility index (Phi) is 5.18. The fourth-order valence-corrected chi connectivity index (χ4v) is 4.61. The predicted octanol–water partition coefficient (Wildman–Crippen LogP) is 6.24.